The molecule has 3 N–H and O–H groups in total. The molecule has 0 aromatic carbocycles. The average Bonchev–Trinajstić information content (AvgIpc) is 2.13. The molecule has 15 heavy (non-hydrogen) atoms. The monoisotopic (exact) mass is 217 g/mol. The molecule has 0 bridgehead atoms. The second-order valence-corrected chi connectivity index (χ2v) is 3.89. The first-order valence-corrected chi connectivity index (χ1v) is 4.72. The molecular formula is C9H19N3O3. The summed E-state index contributed by atoms with van der Waals surface area (Å²) in [6.45, 7) is 4.08. The Bertz CT molecular complexity index is 241. The Kier molecular flexibility index (Phi) is 5.07. The molecule has 0 aromatic heterocycles. The largest absolute Gasteiger partial charge is 0.480 e. The number of carbonyl (C=O) groups is 2. The van der Waals surface area contributed by atoms with Crippen molar-refractivity contribution in [1.82, 2.24) is 15.5 Å². The zero-order chi connectivity index (χ0) is 12.1. The van der Waals surface area contributed by atoms with Gasteiger partial charge in [-0.25, -0.2) is 9.59 Å². The Morgan fingerprint density at radius 3 is 2.33 bits per heavy atom. The van der Waals surface area contributed by atoms with E-state index in [0.29, 0.717) is 13.1 Å². The molecule has 0 aromatic rings. The van der Waals surface area contributed by atoms with Crippen LogP contribution < -0.4 is 10.6 Å². The Morgan fingerprint density at radius 2 is 1.93 bits per heavy atom. The van der Waals surface area contributed by atoms with Crippen molar-refractivity contribution in [2.75, 3.05) is 27.2 Å². The average molecular weight is 217 g/mol. The van der Waals surface area contributed by atoms with Gasteiger partial charge >= 0.3 is 12.0 Å². The summed E-state index contributed by atoms with van der Waals surface area (Å²) < 4.78 is 0. The summed E-state index contributed by atoms with van der Waals surface area (Å²) in [6, 6.07) is -0.391. The number of rotatable bonds is 5. The van der Waals surface area contributed by atoms with Gasteiger partial charge in [-0.3, -0.25) is 0 Å². The zero-order valence-corrected chi connectivity index (χ0v) is 9.63. The second-order valence-electron chi connectivity index (χ2n) is 3.89. The van der Waals surface area contributed by atoms with Crippen LogP contribution in [0, 0.1) is 0 Å². The van der Waals surface area contributed by atoms with Crippen molar-refractivity contribution >= 4 is 12.0 Å². The highest BCUT2D eigenvalue weighted by Crippen LogP contribution is 2.02. The van der Waals surface area contributed by atoms with E-state index in [9.17, 15) is 9.59 Å². The minimum Gasteiger partial charge on any atom is -0.480 e. The van der Waals surface area contributed by atoms with Crippen molar-refractivity contribution in [2.45, 2.75) is 19.4 Å². The summed E-state index contributed by atoms with van der Waals surface area (Å²) in [6.07, 6.45) is 0. The van der Waals surface area contributed by atoms with E-state index in [4.69, 9.17) is 5.11 Å². The van der Waals surface area contributed by atoms with E-state index < -0.39 is 17.5 Å². The van der Waals surface area contributed by atoms with Gasteiger partial charge in [-0.05, 0) is 20.9 Å². The van der Waals surface area contributed by atoms with Crippen LogP contribution in [0.4, 0.5) is 4.79 Å². The fourth-order valence-corrected chi connectivity index (χ4v) is 0.797. The van der Waals surface area contributed by atoms with Crippen LogP contribution in [0.2, 0.25) is 0 Å². The van der Waals surface area contributed by atoms with Crippen LogP contribution in [0.1, 0.15) is 13.8 Å². The topological polar surface area (TPSA) is 81.7 Å². The number of carbonyl (C=O) groups excluding carboxylic acids is 1. The molecule has 0 radical (unpaired) electrons. The number of aliphatic carboxylic acids is 1. The maximum absolute atomic E-state index is 11.5. The van der Waals surface area contributed by atoms with Gasteiger partial charge in [-0.15, -0.1) is 0 Å². The molecule has 0 aliphatic carbocycles. The number of carboxylic acid groups (broad SMARTS) is 1. The summed E-state index contributed by atoms with van der Waals surface area (Å²) in [4.78, 5) is 23.7. The smallest absolute Gasteiger partial charge is 0.328 e. The Labute approximate surface area is 89.6 Å². The SMILES string of the molecule is CNCCN(C)C(=O)NC(C)(C)C(=O)O. The molecule has 0 aliphatic heterocycles. The molecule has 6 heteroatoms. The summed E-state index contributed by atoms with van der Waals surface area (Å²) in [5.41, 5.74) is -1.25. The first-order valence-electron chi connectivity index (χ1n) is 4.72. The molecule has 0 saturated carbocycles. The fraction of sp³-hybridized carbons (Fsp3) is 0.778. The zero-order valence-electron chi connectivity index (χ0n) is 9.63. The Morgan fingerprint density at radius 1 is 1.40 bits per heavy atom. The molecule has 0 rings (SSSR count). The number of likely N-dealkylation sites (N-methyl/N-ethyl adjacent to an activating group) is 2. The van der Waals surface area contributed by atoms with Crippen molar-refractivity contribution in [1.29, 1.82) is 0 Å². The lowest BCUT2D eigenvalue weighted by molar-refractivity contribution is -0.143. The van der Waals surface area contributed by atoms with Crippen LogP contribution >= 0.6 is 0 Å². The Balaban J connectivity index is 4.18. The van der Waals surface area contributed by atoms with Crippen LogP contribution in [-0.4, -0.2) is 54.7 Å². The van der Waals surface area contributed by atoms with E-state index >= 15 is 0 Å². The molecule has 88 valence electrons. The van der Waals surface area contributed by atoms with Gasteiger partial charge < -0.3 is 20.6 Å². The molecule has 0 aliphatic rings. The maximum Gasteiger partial charge on any atom is 0.328 e. The van der Waals surface area contributed by atoms with Gasteiger partial charge in [0, 0.05) is 20.1 Å². The van der Waals surface area contributed by atoms with Crippen LogP contribution in [0.15, 0.2) is 0 Å². The maximum atomic E-state index is 11.5. The highest BCUT2D eigenvalue weighted by Gasteiger charge is 2.29. The lowest BCUT2D eigenvalue weighted by Crippen LogP contribution is -2.54. The van der Waals surface area contributed by atoms with Crippen LogP contribution in [-0.2, 0) is 4.79 Å². The first-order chi connectivity index (χ1) is 6.81. The molecule has 0 unspecified atom stereocenters. The highest BCUT2D eigenvalue weighted by molar-refractivity contribution is 5.85. The second kappa shape index (κ2) is 5.55. The van der Waals surface area contributed by atoms with Crippen LogP contribution in [0.3, 0.4) is 0 Å². The van der Waals surface area contributed by atoms with Gasteiger partial charge in [0.25, 0.3) is 0 Å². The minimum atomic E-state index is -1.25. The van der Waals surface area contributed by atoms with Crippen molar-refractivity contribution in [3.05, 3.63) is 0 Å². The molecule has 6 nitrogen and oxygen atoms in total. The number of hydrogen-bond donors (Lipinski definition) is 3. The van der Waals surface area contributed by atoms with Crippen LogP contribution in [0.5, 0.6) is 0 Å². The number of nitrogens with one attached hydrogen (secondary N) is 2. The third-order valence-corrected chi connectivity index (χ3v) is 2.00. The van der Waals surface area contributed by atoms with E-state index in [-0.39, 0.29) is 0 Å². The Hall–Kier alpha value is -1.30. The number of amides is 2. The van der Waals surface area contributed by atoms with E-state index in [0.717, 1.165) is 0 Å². The predicted molar refractivity (Wildman–Crippen MR) is 56.8 cm³/mol. The third-order valence-electron chi connectivity index (χ3n) is 2.00. The lowest BCUT2D eigenvalue weighted by Gasteiger charge is -2.25. The first kappa shape index (κ1) is 13.7. The molecule has 0 atom stereocenters. The van der Waals surface area contributed by atoms with Crippen LogP contribution in [0.25, 0.3) is 0 Å². The fourth-order valence-electron chi connectivity index (χ4n) is 0.797. The van der Waals surface area contributed by atoms with E-state index in [1.807, 2.05) is 0 Å². The summed E-state index contributed by atoms with van der Waals surface area (Å²) >= 11 is 0. The molecule has 0 spiro atoms. The van der Waals surface area contributed by atoms with Gasteiger partial charge in [0.1, 0.15) is 5.54 Å². The molecule has 0 fully saturated rings. The predicted octanol–water partition coefficient (Wildman–Crippen LogP) is -0.290. The van der Waals surface area contributed by atoms with Gasteiger partial charge in [0.15, 0.2) is 0 Å². The van der Waals surface area contributed by atoms with E-state index in [1.165, 1.54) is 18.7 Å². The van der Waals surface area contributed by atoms with Gasteiger partial charge in [0.05, 0.1) is 0 Å². The standard InChI is InChI=1S/C9H19N3O3/c1-9(2,7(13)14)11-8(15)12(4)6-5-10-3/h10H,5-6H2,1-4H3,(H,11,15)(H,13,14). The highest BCUT2D eigenvalue weighted by atomic mass is 16.4. The van der Waals surface area contributed by atoms with Gasteiger partial charge in [-0.2, -0.15) is 0 Å². The van der Waals surface area contributed by atoms with Crippen molar-refractivity contribution in [2.24, 2.45) is 0 Å². The minimum absolute atomic E-state index is 0.391. The number of nitrogens with zero attached hydrogens (tertiary/aromatic N) is 1. The third kappa shape index (κ3) is 4.64. The molecular weight excluding hydrogens is 198 g/mol. The lowest BCUT2D eigenvalue weighted by atomic mass is 10.1. The summed E-state index contributed by atoms with van der Waals surface area (Å²) in [5, 5.41) is 14.1. The van der Waals surface area contributed by atoms with Gasteiger partial charge in [0.2, 0.25) is 0 Å². The van der Waals surface area contributed by atoms with Gasteiger partial charge in [-0.1, -0.05) is 0 Å². The van der Waals surface area contributed by atoms with Crippen molar-refractivity contribution < 1.29 is 14.7 Å². The molecule has 2 amide bonds. The number of hydrogen-bond acceptors (Lipinski definition) is 3. The van der Waals surface area contributed by atoms with Crippen molar-refractivity contribution in [3.8, 4) is 0 Å². The van der Waals surface area contributed by atoms with Crippen molar-refractivity contribution in [3.63, 3.8) is 0 Å². The number of urea groups is 1. The van der Waals surface area contributed by atoms with E-state index in [2.05, 4.69) is 10.6 Å². The van der Waals surface area contributed by atoms with E-state index in [1.54, 1.807) is 14.1 Å². The molecule has 0 saturated heterocycles. The summed E-state index contributed by atoms with van der Waals surface area (Å²) in [5.74, 6) is -1.06. The normalized spacial score (nSPS) is 10.9. The molecule has 0 heterocycles. The number of carboxylic acids is 1. The quantitative estimate of drug-likeness (QED) is 0.591. The summed E-state index contributed by atoms with van der Waals surface area (Å²) in [7, 11) is 3.40.